The van der Waals surface area contributed by atoms with Crippen LogP contribution in [0.4, 0.5) is 0 Å². The van der Waals surface area contributed by atoms with Gasteiger partial charge in [-0.15, -0.1) is 32.6 Å². The molecular formula is C26H29ClNO4PPd. The van der Waals surface area contributed by atoms with Gasteiger partial charge >= 0.3 is 20.4 Å². The van der Waals surface area contributed by atoms with Crippen LogP contribution in [0, 0.1) is 30.2 Å². The van der Waals surface area contributed by atoms with E-state index in [1.807, 2.05) is 6.07 Å². The van der Waals surface area contributed by atoms with Crippen molar-refractivity contribution in [3.05, 3.63) is 101 Å². The van der Waals surface area contributed by atoms with E-state index < -0.39 is 10.2 Å². The summed E-state index contributed by atoms with van der Waals surface area (Å²) in [4.78, 5) is 2.21. The molecule has 0 radical (unpaired) electrons. The molecule has 0 spiro atoms. The third-order valence-electron chi connectivity index (χ3n) is 5.29. The Balaban J connectivity index is 0.000000280. The van der Waals surface area contributed by atoms with E-state index in [9.17, 15) is 0 Å². The van der Waals surface area contributed by atoms with Gasteiger partial charge in [0.1, 0.15) is 0 Å². The minimum atomic E-state index is -4.94. The third kappa shape index (κ3) is 9.98. The van der Waals surface area contributed by atoms with E-state index >= 15 is 0 Å². The first kappa shape index (κ1) is 30.5. The van der Waals surface area contributed by atoms with Crippen LogP contribution >= 0.6 is 7.53 Å². The number of hydrogen-bond acceptors (Lipinski definition) is 5. The number of hydrogen-bond donors (Lipinski definition) is 0. The van der Waals surface area contributed by atoms with Crippen molar-refractivity contribution in [3.8, 4) is 5.30 Å². The van der Waals surface area contributed by atoms with Crippen LogP contribution in [0.5, 0.6) is 0 Å². The van der Waals surface area contributed by atoms with E-state index in [4.69, 9.17) is 18.6 Å². The second-order valence-electron chi connectivity index (χ2n) is 7.86. The first-order valence-corrected chi connectivity index (χ1v) is 13.1. The molecule has 0 bridgehead atoms. The Bertz CT molecular complexity index is 1120. The maximum atomic E-state index is 8.49. The molecule has 1 heterocycles. The molecule has 34 heavy (non-hydrogen) atoms. The summed E-state index contributed by atoms with van der Waals surface area (Å²) in [5.41, 5.74) is 4.16. The van der Waals surface area contributed by atoms with Crippen molar-refractivity contribution >= 4 is 18.3 Å². The topological polar surface area (TPSA) is 95.5 Å². The van der Waals surface area contributed by atoms with Gasteiger partial charge in [0.05, 0.1) is 0 Å². The molecule has 0 unspecified atom stereocenters. The van der Waals surface area contributed by atoms with Crippen LogP contribution in [0.2, 0.25) is 0 Å². The zero-order valence-corrected chi connectivity index (χ0v) is 23.0. The molecule has 0 saturated heterocycles. The van der Waals surface area contributed by atoms with Gasteiger partial charge < -0.3 is 4.90 Å². The summed E-state index contributed by atoms with van der Waals surface area (Å²) in [7, 11) is -0.892. The van der Waals surface area contributed by atoms with Crippen LogP contribution in [0.3, 0.4) is 0 Å². The minimum absolute atomic E-state index is 0. The van der Waals surface area contributed by atoms with Crippen molar-refractivity contribution in [2.75, 3.05) is 14.1 Å². The minimum Gasteiger partial charge on any atom is -0.305 e. The summed E-state index contributed by atoms with van der Waals surface area (Å²) in [6.07, 6.45) is 0. The van der Waals surface area contributed by atoms with Crippen LogP contribution in [0.1, 0.15) is 29.7 Å². The summed E-state index contributed by atoms with van der Waals surface area (Å²) < 4.78 is 34.0. The molecule has 4 rings (SSSR count). The predicted molar refractivity (Wildman–Crippen MR) is 125 cm³/mol. The number of rotatable bonds is 3. The van der Waals surface area contributed by atoms with Crippen LogP contribution in [0.15, 0.2) is 78.3 Å². The molecular weight excluding hydrogens is 563 g/mol. The summed E-state index contributed by atoms with van der Waals surface area (Å²) in [6, 6.07) is 27.1. The molecule has 3 aromatic carbocycles. The average molecular weight is 592 g/mol. The maximum absolute atomic E-state index is 8.49. The van der Waals surface area contributed by atoms with Crippen molar-refractivity contribution in [2.24, 2.45) is 0 Å². The number of aryl methyl sites for hydroxylation is 2. The first-order valence-electron chi connectivity index (χ1n) is 10.4. The summed E-state index contributed by atoms with van der Waals surface area (Å²) in [6.45, 7) is 6.59. The van der Waals surface area contributed by atoms with E-state index in [0.29, 0.717) is 6.04 Å². The number of halogens is 1. The van der Waals surface area contributed by atoms with Gasteiger partial charge in [-0.2, -0.15) is 18.2 Å². The maximum Gasteiger partial charge on any atom is 2.00 e. The Morgan fingerprint density at radius 3 is 1.85 bits per heavy atom. The molecule has 0 saturated carbocycles. The van der Waals surface area contributed by atoms with Gasteiger partial charge in [-0.25, -0.2) is 18.6 Å². The van der Waals surface area contributed by atoms with Crippen molar-refractivity contribution < 1.29 is 49.3 Å². The Morgan fingerprint density at radius 2 is 1.32 bits per heavy atom. The summed E-state index contributed by atoms with van der Waals surface area (Å²) in [5.74, 6) is 4.78. The average Bonchev–Trinajstić information content (AvgIpc) is 3.11. The van der Waals surface area contributed by atoms with Crippen LogP contribution in [-0.2, 0) is 20.4 Å². The summed E-state index contributed by atoms with van der Waals surface area (Å²) >= 11 is 0. The monoisotopic (exact) mass is 591 g/mol. The number of benzene rings is 3. The van der Waals surface area contributed by atoms with E-state index in [1.54, 1.807) is 0 Å². The van der Waals surface area contributed by atoms with E-state index in [0.717, 1.165) is 0 Å². The summed E-state index contributed by atoms with van der Waals surface area (Å²) in [5, 5.41) is 4.05. The molecule has 1 atom stereocenters. The van der Waals surface area contributed by atoms with Gasteiger partial charge in [0.2, 0.25) is 0 Å². The van der Waals surface area contributed by atoms with Gasteiger partial charge in [0.15, 0.2) is 0 Å². The molecule has 4 aromatic rings. The molecule has 0 N–H and O–H groups in total. The molecule has 184 valence electrons. The van der Waals surface area contributed by atoms with Crippen molar-refractivity contribution in [1.29, 1.82) is 0 Å². The van der Waals surface area contributed by atoms with Crippen LogP contribution < -0.4 is 18.6 Å². The van der Waals surface area contributed by atoms with Gasteiger partial charge in [0, 0.05) is 6.04 Å². The van der Waals surface area contributed by atoms with E-state index in [-0.39, 0.29) is 28.0 Å². The van der Waals surface area contributed by atoms with Gasteiger partial charge in [-0.1, -0.05) is 56.1 Å². The van der Waals surface area contributed by atoms with E-state index in [1.165, 1.54) is 32.8 Å². The number of nitrogens with zero attached hydrogens (tertiary/aromatic N) is 1. The SMILES string of the molecule is C[C@@H](c1[c-]ccc2ccccc12)N(C)C.Cc1cp(-c2ccccc2)cc1C.[O-][Cl+3]([O-])([O-])[O-].[Pd+2]. The standard InChI is InChI=1S/C14H16N.C12H13P.ClHO4.Pd/c1-11(15(2)3)13-10-6-8-12-7-4-5-9-14(12)13;1-10-8-13(9-11(10)2)12-6-4-3-5-7-12;2-1(3,4)5;/h4-9,11H,1-3H3;3-9H,1-2H3;(H,2,3,4,5);/q-1;;;+2/p-1/t11-;;;/m0.../s1. The smallest absolute Gasteiger partial charge is 0.305 e. The molecule has 1 aromatic heterocycles. The van der Waals surface area contributed by atoms with Gasteiger partial charge in [-0.05, 0) is 62.9 Å². The molecule has 8 heteroatoms. The van der Waals surface area contributed by atoms with Crippen molar-refractivity contribution in [2.45, 2.75) is 26.8 Å². The zero-order valence-electron chi connectivity index (χ0n) is 19.8. The predicted octanol–water partition coefficient (Wildman–Crippen LogP) is 2.78. The Labute approximate surface area is 219 Å². The molecule has 5 nitrogen and oxygen atoms in total. The fourth-order valence-corrected chi connectivity index (χ4v) is 5.33. The fraction of sp³-hybridized carbons (Fsp3) is 0.231. The zero-order chi connectivity index (χ0) is 24.6. The van der Waals surface area contributed by atoms with Crippen LogP contribution in [-0.4, -0.2) is 19.0 Å². The third-order valence-corrected chi connectivity index (χ3v) is 7.51. The van der Waals surface area contributed by atoms with Crippen LogP contribution in [0.25, 0.3) is 16.1 Å². The Morgan fingerprint density at radius 1 is 0.824 bits per heavy atom. The number of fused-ring (bicyclic) bond motifs is 1. The van der Waals surface area contributed by atoms with Crippen molar-refractivity contribution in [1.82, 2.24) is 4.90 Å². The van der Waals surface area contributed by atoms with E-state index in [2.05, 4.69) is 118 Å². The Kier molecular flexibility index (Phi) is 12.7. The molecule has 0 aliphatic rings. The second kappa shape index (κ2) is 14.1. The Hall–Kier alpha value is -1.55. The molecule has 0 aliphatic heterocycles. The normalized spacial score (nSPS) is 11.6. The largest absolute Gasteiger partial charge is 2.00 e. The van der Waals surface area contributed by atoms with Crippen molar-refractivity contribution in [3.63, 3.8) is 0 Å². The quantitative estimate of drug-likeness (QED) is 0.270. The first-order chi connectivity index (χ1) is 15.5. The van der Waals surface area contributed by atoms with Gasteiger partial charge in [0.25, 0.3) is 0 Å². The molecule has 0 fully saturated rings. The second-order valence-corrected chi connectivity index (χ2v) is 10.5. The van der Waals surface area contributed by atoms with Gasteiger partial charge in [-0.3, -0.25) is 0 Å². The fourth-order valence-electron chi connectivity index (χ4n) is 3.20. The molecule has 0 amide bonds. The molecule has 0 aliphatic carbocycles.